The number of rotatable bonds is 3. The molecular weight excluding hydrogens is 374 g/mol. The van der Waals surface area contributed by atoms with Crippen LogP contribution in [0.25, 0.3) is 0 Å². The molecule has 4 rings (SSSR count). The maximum absolute atomic E-state index is 13.2. The number of allylic oxidation sites excluding steroid dienone is 1. The van der Waals surface area contributed by atoms with Crippen LogP contribution in [0.4, 0.5) is 5.69 Å². The molecule has 1 heterocycles. The normalized spacial score (nSPS) is 15.7. The highest BCUT2D eigenvalue weighted by molar-refractivity contribution is 9.10. The van der Waals surface area contributed by atoms with E-state index in [1.54, 1.807) is 0 Å². The van der Waals surface area contributed by atoms with Crippen LogP contribution in [0.3, 0.4) is 0 Å². The lowest BCUT2D eigenvalue weighted by Gasteiger charge is -2.27. The van der Waals surface area contributed by atoms with E-state index in [1.807, 2.05) is 66.9 Å². The number of hydrogen-bond acceptors (Lipinski definition) is 2. The zero-order valence-corrected chi connectivity index (χ0v) is 15.0. The number of carbonyl (C=O) groups is 1. The van der Waals surface area contributed by atoms with Gasteiger partial charge in [-0.3, -0.25) is 4.79 Å². The Balaban J connectivity index is 1.82. The zero-order chi connectivity index (χ0) is 17.2. The Kier molecular flexibility index (Phi) is 4.24. The van der Waals surface area contributed by atoms with E-state index >= 15 is 0 Å². The Bertz CT molecular complexity index is 945. The van der Waals surface area contributed by atoms with Crippen LogP contribution in [0.1, 0.15) is 27.4 Å². The minimum atomic E-state index is -0.0743. The first-order chi connectivity index (χ1) is 12.2. The van der Waals surface area contributed by atoms with E-state index in [2.05, 4.69) is 39.4 Å². The number of anilines is 1. The molecular formula is C22H16BrNO. The van der Waals surface area contributed by atoms with Gasteiger partial charge in [0.25, 0.3) is 0 Å². The molecule has 1 atom stereocenters. The van der Waals surface area contributed by atoms with Crippen LogP contribution in [0.2, 0.25) is 0 Å². The molecule has 0 fully saturated rings. The summed E-state index contributed by atoms with van der Waals surface area (Å²) in [5, 5.41) is 3.28. The molecule has 0 saturated carbocycles. The average molecular weight is 390 g/mol. The van der Waals surface area contributed by atoms with Gasteiger partial charge in [0, 0.05) is 33.4 Å². The van der Waals surface area contributed by atoms with Crippen LogP contribution in [0.5, 0.6) is 0 Å². The predicted octanol–water partition coefficient (Wildman–Crippen LogP) is 5.77. The fourth-order valence-corrected chi connectivity index (χ4v) is 3.52. The van der Waals surface area contributed by atoms with Crippen molar-refractivity contribution in [3.63, 3.8) is 0 Å². The molecule has 0 aromatic heterocycles. The number of benzene rings is 3. The summed E-state index contributed by atoms with van der Waals surface area (Å²) in [6.07, 6.45) is 1.85. The van der Waals surface area contributed by atoms with Gasteiger partial charge in [0.1, 0.15) is 0 Å². The number of carbonyl (C=O) groups excluding carboxylic acids is 1. The standard InChI is InChI=1S/C22H16BrNO/c23-17-12-10-16(11-13-17)22(25)19-14-24-20-9-5-4-8-18(20)21(19)15-6-2-1-3-7-15/h1-14,21,24H. The second-order valence-electron chi connectivity index (χ2n) is 6.01. The van der Waals surface area contributed by atoms with E-state index in [0.29, 0.717) is 5.56 Å². The van der Waals surface area contributed by atoms with Crippen LogP contribution in [0.15, 0.2) is 95.1 Å². The third-order valence-corrected chi connectivity index (χ3v) is 5.00. The first kappa shape index (κ1) is 15.9. The summed E-state index contributed by atoms with van der Waals surface area (Å²) in [4.78, 5) is 13.2. The maximum Gasteiger partial charge on any atom is 0.191 e. The van der Waals surface area contributed by atoms with E-state index < -0.39 is 0 Å². The molecule has 0 bridgehead atoms. The third-order valence-electron chi connectivity index (χ3n) is 4.47. The summed E-state index contributed by atoms with van der Waals surface area (Å²) in [7, 11) is 0. The van der Waals surface area contributed by atoms with Crippen molar-refractivity contribution in [2.45, 2.75) is 5.92 Å². The molecule has 0 saturated heterocycles. The van der Waals surface area contributed by atoms with Gasteiger partial charge >= 0.3 is 0 Å². The van der Waals surface area contributed by atoms with Gasteiger partial charge in [-0.15, -0.1) is 0 Å². The average Bonchev–Trinajstić information content (AvgIpc) is 2.68. The molecule has 0 spiro atoms. The van der Waals surface area contributed by atoms with Gasteiger partial charge in [-0.2, -0.15) is 0 Å². The van der Waals surface area contributed by atoms with E-state index in [0.717, 1.165) is 26.9 Å². The van der Waals surface area contributed by atoms with Crippen molar-refractivity contribution in [3.05, 3.63) is 112 Å². The lowest BCUT2D eigenvalue weighted by molar-refractivity contribution is 0.102. The Morgan fingerprint density at radius 3 is 2.28 bits per heavy atom. The molecule has 25 heavy (non-hydrogen) atoms. The predicted molar refractivity (Wildman–Crippen MR) is 105 cm³/mol. The number of fused-ring (bicyclic) bond motifs is 1. The number of ketones is 1. The lowest BCUT2D eigenvalue weighted by Crippen LogP contribution is -2.19. The number of halogens is 1. The van der Waals surface area contributed by atoms with Crippen LogP contribution >= 0.6 is 15.9 Å². The highest BCUT2D eigenvalue weighted by Crippen LogP contribution is 2.40. The van der Waals surface area contributed by atoms with Gasteiger partial charge in [-0.1, -0.05) is 64.5 Å². The summed E-state index contributed by atoms with van der Waals surface area (Å²) in [6, 6.07) is 25.8. The minimum Gasteiger partial charge on any atom is -0.361 e. The smallest absolute Gasteiger partial charge is 0.191 e. The number of nitrogens with one attached hydrogen (secondary N) is 1. The van der Waals surface area contributed by atoms with Crippen molar-refractivity contribution in [3.8, 4) is 0 Å². The molecule has 3 aromatic carbocycles. The van der Waals surface area contributed by atoms with Crippen LogP contribution in [0, 0.1) is 0 Å². The molecule has 3 heteroatoms. The van der Waals surface area contributed by atoms with E-state index in [-0.39, 0.29) is 11.7 Å². The fourth-order valence-electron chi connectivity index (χ4n) is 3.26. The van der Waals surface area contributed by atoms with Crippen molar-refractivity contribution in [2.24, 2.45) is 0 Å². The monoisotopic (exact) mass is 389 g/mol. The second-order valence-corrected chi connectivity index (χ2v) is 6.93. The molecule has 1 aliphatic heterocycles. The minimum absolute atomic E-state index is 0.0448. The molecule has 0 aliphatic carbocycles. The number of para-hydroxylation sites is 1. The molecule has 1 aliphatic rings. The van der Waals surface area contributed by atoms with Crippen LogP contribution < -0.4 is 5.32 Å². The Hall–Kier alpha value is -2.65. The van der Waals surface area contributed by atoms with E-state index in [9.17, 15) is 4.79 Å². The zero-order valence-electron chi connectivity index (χ0n) is 13.4. The molecule has 2 nitrogen and oxygen atoms in total. The van der Waals surface area contributed by atoms with Crippen molar-refractivity contribution >= 4 is 27.4 Å². The number of hydrogen-bond donors (Lipinski definition) is 1. The Labute approximate surface area is 155 Å². The number of Topliss-reactive ketones (excluding diaryl/α,β-unsaturated/α-hetero) is 1. The summed E-state index contributed by atoms with van der Waals surface area (Å²) in [5.74, 6) is -0.0295. The van der Waals surface area contributed by atoms with Gasteiger partial charge in [0.05, 0.1) is 0 Å². The topological polar surface area (TPSA) is 29.1 Å². The van der Waals surface area contributed by atoms with Crippen LogP contribution in [-0.4, -0.2) is 5.78 Å². The van der Waals surface area contributed by atoms with Crippen LogP contribution in [-0.2, 0) is 0 Å². The Morgan fingerprint density at radius 1 is 0.840 bits per heavy atom. The van der Waals surface area contributed by atoms with E-state index in [4.69, 9.17) is 0 Å². The van der Waals surface area contributed by atoms with E-state index in [1.165, 1.54) is 0 Å². The first-order valence-corrected chi connectivity index (χ1v) is 8.94. The quantitative estimate of drug-likeness (QED) is 0.575. The molecule has 1 unspecified atom stereocenters. The maximum atomic E-state index is 13.2. The SMILES string of the molecule is O=C(C1=CNc2ccccc2C1c1ccccc1)c1ccc(Br)cc1. The van der Waals surface area contributed by atoms with Gasteiger partial charge < -0.3 is 5.32 Å². The largest absolute Gasteiger partial charge is 0.361 e. The third kappa shape index (κ3) is 3.03. The summed E-state index contributed by atoms with van der Waals surface area (Å²) in [5.41, 5.74) is 4.73. The van der Waals surface area contributed by atoms with Gasteiger partial charge in [-0.05, 0) is 41.5 Å². The summed E-state index contributed by atoms with van der Waals surface area (Å²) < 4.78 is 0.963. The van der Waals surface area contributed by atoms with Crippen molar-refractivity contribution < 1.29 is 4.79 Å². The highest BCUT2D eigenvalue weighted by atomic mass is 79.9. The van der Waals surface area contributed by atoms with Gasteiger partial charge in [-0.25, -0.2) is 0 Å². The highest BCUT2D eigenvalue weighted by Gasteiger charge is 2.29. The molecule has 1 N–H and O–H groups in total. The summed E-state index contributed by atoms with van der Waals surface area (Å²) >= 11 is 3.42. The van der Waals surface area contributed by atoms with Gasteiger partial charge in [0.15, 0.2) is 5.78 Å². The molecule has 3 aromatic rings. The fraction of sp³-hybridized carbons (Fsp3) is 0.0455. The Morgan fingerprint density at radius 2 is 1.52 bits per heavy atom. The van der Waals surface area contributed by atoms with Gasteiger partial charge in [0.2, 0.25) is 0 Å². The van der Waals surface area contributed by atoms with Crippen molar-refractivity contribution in [1.29, 1.82) is 0 Å². The second kappa shape index (κ2) is 6.69. The lowest BCUT2D eigenvalue weighted by atomic mass is 9.79. The summed E-state index contributed by atoms with van der Waals surface area (Å²) in [6.45, 7) is 0. The molecule has 0 radical (unpaired) electrons. The first-order valence-electron chi connectivity index (χ1n) is 8.15. The van der Waals surface area contributed by atoms with Crippen molar-refractivity contribution in [1.82, 2.24) is 0 Å². The molecule has 0 amide bonds. The molecule has 122 valence electrons. The van der Waals surface area contributed by atoms with Crippen molar-refractivity contribution in [2.75, 3.05) is 5.32 Å².